The van der Waals surface area contributed by atoms with E-state index in [-0.39, 0.29) is 95.7 Å². The molecular weight excluding hydrogens is 1370 g/mol. The number of aliphatic hydroxyl groups is 3. The highest BCUT2D eigenvalue weighted by Crippen LogP contribution is 2.19. The van der Waals surface area contributed by atoms with Crippen LogP contribution in [0.25, 0.3) is 0 Å². The number of guanidine groups is 1. The van der Waals surface area contributed by atoms with E-state index >= 15 is 0 Å². The van der Waals surface area contributed by atoms with Gasteiger partial charge in [-0.15, -0.1) is 0 Å². The van der Waals surface area contributed by atoms with Crippen molar-refractivity contribution in [1.82, 2.24) is 68.7 Å². The summed E-state index contributed by atoms with van der Waals surface area (Å²) in [7, 11) is 0. The maximum absolute atomic E-state index is 14.5. The summed E-state index contributed by atoms with van der Waals surface area (Å²) in [6.07, 6.45) is 1.51. The highest BCUT2D eigenvalue weighted by Gasteiger charge is 2.40. The van der Waals surface area contributed by atoms with Crippen LogP contribution in [0.2, 0.25) is 0 Å². The second-order valence-electron chi connectivity index (χ2n) is 24.5. The van der Waals surface area contributed by atoms with Crippen LogP contribution >= 0.6 is 11.8 Å². The van der Waals surface area contributed by atoms with Gasteiger partial charge < -0.3 is 129 Å². The first kappa shape index (κ1) is 90.9. The van der Waals surface area contributed by atoms with Gasteiger partial charge in [0, 0.05) is 13.1 Å². The molecule has 102 heavy (non-hydrogen) atoms. The molecule has 42 heteroatoms. The van der Waals surface area contributed by atoms with Crippen LogP contribution in [0.5, 0.6) is 0 Å². The monoisotopic (exact) mass is 1470 g/mol. The van der Waals surface area contributed by atoms with Crippen molar-refractivity contribution in [2.75, 3.05) is 71.1 Å². The average Bonchev–Trinajstić information content (AvgIpc) is 1.56. The number of carbonyl (C=O) groups excluding carboxylic acids is 15. The number of aliphatic imine (C=N–C) groups is 1. The van der Waals surface area contributed by atoms with Crippen LogP contribution in [0.4, 0.5) is 0 Å². The highest BCUT2D eigenvalue weighted by atomic mass is 32.2. The molecule has 578 valence electrons. The number of hydrogen-bond donors (Lipinski definition) is 23. The Balaban J connectivity index is 3.53. The Labute approximate surface area is 594 Å². The molecule has 15 amide bonds. The van der Waals surface area contributed by atoms with Crippen LogP contribution in [0.1, 0.15) is 118 Å². The second-order valence-corrected chi connectivity index (χ2v) is 25.4. The summed E-state index contributed by atoms with van der Waals surface area (Å²) in [4.78, 5) is 218. The summed E-state index contributed by atoms with van der Waals surface area (Å²) in [5.41, 5.74) is 38.9. The number of aliphatic hydroxyl groups excluding tert-OH is 3. The van der Waals surface area contributed by atoms with Gasteiger partial charge in [0.05, 0.1) is 45.2 Å². The Bertz CT molecular complexity index is 2880. The van der Waals surface area contributed by atoms with Gasteiger partial charge in [-0.05, 0) is 108 Å². The van der Waals surface area contributed by atoms with Crippen LogP contribution in [-0.4, -0.2) is 269 Å². The number of rotatable bonds is 51. The zero-order chi connectivity index (χ0) is 77.3. The lowest BCUT2D eigenvalue weighted by molar-refractivity contribution is -0.140. The second kappa shape index (κ2) is 48.7. The zero-order valence-electron chi connectivity index (χ0n) is 58.2. The van der Waals surface area contributed by atoms with Crippen LogP contribution in [0.3, 0.4) is 0 Å². The minimum absolute atomic E-state index is 0.0122. The van der Waals surface area contributed by atoms with Gasteiger partial charge in [-0.3, -0.25) is 81.7 Å². The standard InChI is InChI=1S/C60H107N21O20S/c1-6-31(4)47(58(100)70-26-45(88)89)80-56(98)40(29-84)78-59(101)46(30(2)3)79-54(96)37(24-43(65)86)75-52(94)34(14-8-10-19-62)72-50(92)33(13-7-9-18-61)71-51(93)35(15-11-20-68-60(66)67)73-53(95)36(17-22-102-5)74-55(97)39(28-83)77-57(99)41-16-12-21-81(41)44(87)25-69-49(91)38(27-82)76-48(90)32(63)23-42(64)85/h30-41,46-47,82-84H,6-29,61-63H2,1-5H3,(H2,64,85)(H2,65,86)(H,69,91)(H,70,100)(H,71,93)(H,72,92)(H,73,95)(H,74,97)(H,75,94)(H,76,90)(H,77,99)(H,78,101)(H,79,96)(H,80,98)(H,88,89)(H4,66,67,68)/t31-,32-,33-,34-,35-,36-,37-,38-,39-,40-,41-,46-,47-/m0/s1. The number of carboxylic acid groups (broad SMARTS) is 1. The maximum atomic E-state index is 14.5. The third kappa shape index (κ3) is 33.6. The lowest BCUT2D eigenvalue weighted by atomic mass is 9.97. The number of nitrogens with two attached hydrogens (primary N) is 7. The Morgan fingerprint density at radius 1 is 0.500 bits per heavy atom. The summed E-state index contributed by atoms with van der Waals surface area (Å²) < 4.78 is 0. The summed E-state index contributed by atoms with van der Waals surface area (Å²) in [6, 6.07) is -18.4. The molecule has 1 aliphatic rings. The van der Waals surface area contributed by atoms with Crippen LogP contribution in [-0.2, 0) is 76.7 Å². The molecule has 30 N–H and O–H groups in total. The Morgan fingerprint density at radius 3 is 1.38 bits per heavy atom. The molecule has 41 nitrogen and oxygen atoms in total. The van der Waals surface area contributed by atoms with Gasteiger partial charge in [0.15, 0.2) is 5.96 Å². The van der Waals surface area contributed by atoms with Crippen LogP contribution in [0.15, 0.2) is 4.99 Å². The number of carboxylic acids is 1. The molecule has 0 aliphatic carbocycles. The number of unbranched alkanes of at least 4 members (excludes halogenated alkanes) is 2. The van der Waals surface area contributed by atoms with E-state index in [0.717, 1.165) is 4.90 Å². The van der Waals surface area contributed by atoms with E-state index in [9.17, 15) is 92.0 Å². The van der Waals surface area contributed by atoms with Gasteiger partial charge in [-0.25, -0.2) is 0 Å². The minimum atomic E-state index is -1.82. The molecule has 0 radical (unpaired) electrons. The molecule has 1 aliphatic heterocycles. The Kier molecular flexibility index (Phi) is 43.4. The number of aliphatic carboxylic acids is 1. The van der Waals surface area contributed by atoms with E-state index in [1.54, 1.807) is 20.1 Å². The van der Waals surface area contributed by atoms with E-state index in [2.05, 4.69) is 68.8 Å². The molecule has 1 fully saturated rings. The minimum Gasteiger partial charge on any atom is -0.480 e. The van der Waals surface area contributed by atoms with Gasteiger partial charge in [0.1, 0.15) is 73.0 Å². The van der Waals surface area contributed by atoms with Gasteiger partial charge in [0.2, 0.25) is 88.6 Å². The molecule has 0 aromatic carbocycles. The van der Waals surface area contributed by atoms with Crippen molar-refractivity contribution in [3.05, 3.63) is 0 Å². The molecule has 1 saturated heterocycles. The smallest absolute Gasteiger partial charge is 0.322 e. The first-order valence-corrected chi connectivity index (χ1v) is 34.7. The largest absolute Gasteiger partial charge is 0.480 e. The summed E-state index contributed by atoms with van der Waals surface area (Å²) in [5, 5.41) is 68.2. The molecule has 0 aromatic heterocycles. The van der Waals surface area contributed by atoms with Gasteiger partial charge >= 0.3 is 5.97 Å². The van der Waals surface area contributed by atoms with E-state index in [1.807, 2.05) is 0 Å². The van der Waals surface area contributed by atoms with Gasteiger partial charge in [-0.1, -0.05) is 34.1 Å². The summed E-state index contributed by atoms with van der Waals surface area (Å²) >= 11 is 1.27. The molecule has 0 saturated carbocycles. The Morgan fingerprint density at radius 2 is 0.922 bits per heavy atom. The summed E-state index contributed by atoms with van der Waals surface area (Å²) in [6.45, 7) is 2.04. The van der Waals surface area contributed by atoms with E-state index < -0.39 is 225 Å². The fourth-order valence-electron chi connectivity index (χ4n) is 10.0. The topological polar surface area (TPSA) is 696 Å². The number of primary amides is 2. The number of nitrogens with one attached hydrogen (secondary N) is 12. The number of thioether (sulfide) groups is 1. The normalized spacial score (nSPS) is 16.1. The third-order valence-corrected chi connectivity index (χ3v) is 16.6. The summed E-state index contributed by atoms with van der Waals surface area (Å²) in [5.74, 6) is -17.6. The van der Waals surface area contributed by atoms with Crippen LogP contribution < -0.4 is 104 Å². The SMILES string of the molecule is CC[C@H](C)[C@H](NC(=O)[C@H](CO)NC(=O)[C@@H](NC(=O)[C@H](CC(N)=O)NC(=O)[C@H](CCCCN)NC(=O)[C@H](CCCCN)NC(=O)[C@H](CCCN=C(N)N)NC(=O)[C@H](CCSC)NC(=O)[C@H](CO)NC(=O)[C@@H]1CCCN1C(=O)CNC(=O)[C@H](CO)NC(=O)[C@@H](N)CC(N)=O)C(C)C)C(=O)NCC(=O)O. The number of likely N-dealkylation sites (tertiary alicyclic amines) is 1. The number of hydrogen-bond acceptors (Lipinski definition) is 24. The first-order valence-electron chi connectivity index (χ1n) is 33.3. The molecule has 13 atom stereocenters. The zero-order valence-corrected chi connectivity index (χ0v) is 59.0. The Hall–Kier alpha value is -9.10. The van der Waals surface area contributed by atoms with Crippen molar-refractivity contribution in [3.63, 3.8) is 0 Å². The van der Waals surface area contributed by atoms with Crippen LogP contribution in [0, 0.1) is 11.8 Å². The van der Waals surface area contributed by atoms with E-state index in [0.29, 0.717) is 19.3 Å². The van der Waals surface area contributed by atoms with Gasteiger partial charge in [-0.2, -0.15) is 11.8 Å². The van der Waals surface area contributed by atoms with Crippen molar-refractivity contribution in [2.45, 2.75) is 190 Å². The van der Waals surface area contributed by atoms with Crippen molar-refractivity contribution >= 4 is 112 Å². The molecular formula is C60H107N21O20S. The molecule has 1 heterocycles. The molecule has 0 spiro atoms. The fourth-order valence-corrected chi connectivity index (χ4v) is 10.5. The lowest BCUT2D eigenvalue weighted by Gasteiger charge is -2.29. The van der Waals surface area contributed by atoms with E-state index in [4.69, 9.17) is 45.2 Å². The quantitative estimate of drug-likeness (QED) is 0.0153. The fraction of sp³-hybridized carbons (Fsp3) is 0.717. The number of amides is 15. The predicted molar refractivity (Wildman–Crippen MR) is 368 cm³/mol. The average molecular weight is 1470 g/mol. The first-order chi connectivity index (χ1) is 48.1. The number of carbonyl (C=O) groups is 16. The highest BCUT2D eigenvalue weighted by molar-refractivity contribution is 7.98. The molecule has 0 bridgehead atoms. The van der Waals surface area contributed by atoms with Crippen molar-refractivity contribution in [1.29, 1.82) is 0 Å². The van der Waals surface area contributed by atoms with Crippen molar-refractivity contribution < 1.29 is 97.1 Å². The predicted octanol–water partition coefficient (Wildman–Crippen LogP) is -11.0. The molecule has 1 rings (SSSR count). The van der Waals surface area contributed by atoms with Crippen molar-refractivity contribution in [2.24, 2.45) is 57.0 Å². The molecule has 0 unspecified atom stereocenters. The van der Waals surface area contributed by atoms with E-state index in [1.165, 1.54) is 25.6 Å². The van der Waals surface area contributed by atoms with Crippen molar-refractivity contribution in [3.8, 4) is 0 Å². The molecule has 0 aromatic rings. The van der Waals surface area contributed by atoms with Gasteiger partial charge in [0.25, 0.3) is 0 Å². The lowest BCUT2D eigenvalue weighted by Crippen LogP contribution is -2.62. The maximum Gasteiger partial charge on any atom is 0.322 e. The third-order valence-electron chi connectivity index (χ3n) is 16.0. The number of nitrogens with zero attached hydrogens (tertiary/aromatic N) is 2.